The van der Waals surface area contributed by atoms with Gasteiger partial charge < -0.3 is 19.7 Å². The Morgan fingerprint density at radius 3 is 2.48 bits per heavy atom. The lowest BCUT2D eigenvalue weighted by atomic mass is 9.87. The fraction of sp³-hybridized carbons (Fsp3) is 0.250. The normalized spacial score (nSPS) is 15.2. The lowest BCUT2D eigenvalue weighted by molar-refractivity contribution is -0.132. The second-order valence-corrected chi connectivity index (χ2v) is 8.16. The summed E-state index contributed by atoms with van der Waals surface area (Å²) < 4.78 is 11.0. The molecule has 0 saturated carbocycles. The van der Waals surface area contributed by atoms with E-state index in [1.807, 2.05) is 58.8 Å². The summed E-state index contributed by atoms with van der Waals surface area (Å²) in [4.78, 5) is 27.9. The second-order valence-electron chi connectivity index (χ2n) is 7.22. The Kier molecular flexibility index (Phi) is 6.23. The van der Waals surface area contributed by atoms with Gasteiger partial charge in [-0.2, -0.15) is 0 Å². The summed E-state index contributed by atoms with van der Waals surface area (Å²) in [5.74, 6) is 0.946. The van der Waals surface area contributed by atoms with Crippen LogP contribution in [0.15, 0.2) is 60.0 Å². The number of hydrogen-bond acceptors (Lipinski definition) is 5. The first kappa shape index (κ1) is 20.9. The third-order valence-electron chi connectivity index (χ3n) is 5.45. The van der Waals surface area contributed by atoms with Crippen molar-refractivity contribution in [3.63, 3.8) is 0 Å². The van der Waals surface area contributed by atoms with Crippen molar-refractivity contribution >= 4 is 23.2 Å². The van der Waals surface area contributed by atoms with Crippen LogP contribution in [0.2, 0.25) is 0 Å². The molecule has 4 rings (SSSR count). The molecule has 1 aliphatic rings. The molecule has 7 heteroatoms. The smallest absolute Gasteiger partial charge is 0.261 e. The molecule has 1 unspecified atom stereocenters. The summed E-state index contributed by atoms with van der Waals surface area (Å²) in [6.45, 7) is 0.498. The number of nitrogens with zero attached hydrogens (tertiary/aromatic N) is 1. The Hall–Kier alpha value is -3.32. The molecule has 1 atom stereocenters. The maximum atomic E-state index is 13.2. The molecule has 1 aromatic heterocycles. The number of benzene rings is 2. The number of amides is 2. The van der Waals surface area contributed by atoms with Gasteiger partial charge in [0.05, 0.1) is 31.7 Å². The van der Waals surface area contributed by atoms with Crippen LogP contribution in [0.3, 0.4) is 0 Å². The minimum atomic E-state index is -0.268. The third-order valence-corrected chi connectivity index (χ3v) is 6.32. The van der Waals surface area contributed by atoms with Crippen molar-refractivity contribution in [1.29, 1.82) is 0 Å². The minimum Gasteiger partial charge on any atom is -0.493 e. The average Bonchev–Trinajstić information content (AvgIpc) is 3.36. The van der Waals surface area contributed by atoms with Crippen molar-refractivity contribution in [2.45, 2.75) is 12.5 Å². The molecule has 1 aliphatic heterocycles. The van der Waals surface area contributed by atoms with E-state index >= 15 is 0 Å². The maximum absolute atomic E-state index is 13.2. The highest BCUT2D eigenvalue weighted by Gasteiger charge is 2.33. The Balaban J connectivity index is 1.64. The molecule has 0 saturated heterocycles. The van der Waals surface area contributed by atoms with Crippen LogP contribution in [0.5, 0.6) is 11.5 Å². The summed E-state index contributed by atoms with van der Waals surface area (Å²) in [7, 11) is 3.22. The Morgan fingerprint density at radius 1 is 1.06 bits per heavy atom. The molecule has 1 N–H and O–H groups in total. The molecule has 2 amide bonds. The highest BCUT2D eigenvalue weighted by Crippen LogP contribution is 2.40. The van der Waals surface area contributed by atoms with E-state index in [4.69, 9.17) is 9.47 Å². The zero-order valence-electron chi connectivity index (χ0n) is 17.5. The van der Waals surface area contributed by atoms with Crippen LogP contribution >= 0.6 is 11.3 Å². The van der Waals surface area contributed by atoms with Gasteiger partial charge in [-0.3, -0.25) is 9.59 Å². The van der Waals surface area contributed by atoms with Gasteiger partial charge >= 0.3 is 0 Å². The van der Waals surface area contributed by atoms with Crippen LogP contribution in [-0.2, 0) is 11.2 Å². The molecule has 0 bridgehead atoms. The van der Waals surface area contributed by atoms with Crippen molar-refractivity contribution < 1.29 is 19.1 Å². The Morgan fingerprint density at radius 2 is 1.81 bits per heavy atom. The number of hydrogen-bond donors (Lipinski definition) is 1. The van der Waals surface area contributed by atoms with Gasteiger partial charge in [0.2, 0.25) is 5.91 Å². The highest BCUT2D eigenvalue weighted by atomic mass is 32.1. The number of thiophene rings is 1. The van der Waals surface area contributed by atoms with Crippen LogP contribution in [0.1, 0.15) is 32.4 Å². The van der Waals surface area contributed by atoms with E-state index in [1.165, 1.54) is 11.3 Å². The van der Waals surface area contributed by atoms with E-state index in [-0.39, 0.29) is 24.4 Å². The van der Waals surface area contributed by atoms with Gasteiger partial charge in [0.15, 0.2) is 11.5 Å². The van der Waals surface area contributed by atoms with Gasteiger partial charge in [0.25, 0.3) is 5.91 Å². The monoisotopic (exact) mass is 436 g/mol. The Labute approximate surface area is 185 Å². The standard InChI is InChI=1S/C24H24N2O4S/c1-29-19-13-17-10-11-26(22(27)15-25-24(28)21-9-6-12-31-21)23(16-7-4-3-5-8-16)18(17)14-20(19)30-2/h3-9,12-14,23H,10-11,15H2,1-2H3,(H,25,28). The highest BCUT2D eigenvalue weighted by molar-refractivity contribution is 7.12. The van der Waals surface area contributed by atoms with Crippen LogP contribution in [0.25, 0.3) is 0 Å². The molecule has 2 heterocycles. The van der Waals surface area contributed by atoms with Crippen molar-refractivity contribution in [2.24, 2.45) is 0 Å². The number of fused-ring (bicyclic) bond motifs is 1. The molecule has 2 aromatic carbocycles. The quantitative estimate of drug-likeness (QED) is 0.640. The zero-order valence-corrected chi connectivity index (χ0v) is 18.3. The third kappa shape index (κ3) is 4.27. The summed E-state index contributed by atoms with van der Waals surface area (Å²) in [6, 6.07) is 17.1. The number of nitrogens with one attached hydrogen (secondary N) is 1. The van der Waals surface area contributed by atoms with Crippen molar-refractivity contribution in [2.75, 3.05) is 27.3 Å². The molecular weight excluding hydrogens is 412 g/mol. The molecule has 0 radical (unpaired) electrons. The maximum Gasteiger partial charge on any atom is 0.261 e. The van der Waals surface area contributed by atoms with E-state index < -0.39 is 0 Å². The molecular formula is C24H24N2O4S. The fourth-order valence-corrected chi connectivity index (χ4v) is 4.60. The van der Waals surface area contributed by atoms with Gasteiger partial charge in [-0.05, 0) is 46.7 Å². The van der Waals surface area contributed by atoms with Crippen molar-refractivity contribution in [3.05, 3.63) is 81.5 Å². The van der Waals surface area contributed by atoms with E-state index in [1.54, 1.807) is 20.3 Å². The first-order valence-corrected chi connectivity index (χ1v) is 10.9. The summed E-state index contributed by atoms with van der Waals surface area (Å²) >= 11 is 1.35. The van der Waals surface area contributed by atoms with Crippen LogP contribution in [-0.4, -0.2) is 44.0 Å². The Bertz CT molecular complexity index is 1070. The van der Waals surface area contributed by atoms with Crippen molar-refractivity contribution in [3.8, 4) is 11.5 Å². The number of ether oxygens (including phenoxy) is 2. The largest absolute Gasteiger partial charge is 0.493 e. The topological polar surface area (TPSA) is 67.9 Å². The predicted octanol–water partition coefficient (Wildman–Crippen LogP) is 3.67. The fourth-order valence-electron chi connectivity index (χ4n) is 3.96. The van der Waals surface area contributed by atoms with Crippen LogP contribution in [0.4, 0.5) is 0 Å². The van der Waals surface area contributed by atoms with Crippen LogP contribution < -0.4 is 14.8 Å². The van der Waals surface area contributed by atoms with Crippen molar-refractivity contribution in [1.82, 2.24) is 10.2 Å². The zero-order chi connectivity index (χ0) is 21.8. The van der Waals surface area contributed by atoms with E-state index in [0.29, 0.717) is 29.3 Å². The molecule has 6 nitrogen and oxygen atoms in total. The van der Waals surface area contributed by atoms with E-state index in [0.717, 1.165) is 16.7 Å². The summed E-state index contributed by atoms with van der Waals surface area (Å²) in [5.41, 5.74) is 3.14. The first-order valence-electron chi connectivity index (χ1n) is 10.0. The summed E-state index contributed by atoms with van der Waals surface area (Å²) in [6.07, 6.45) is 0.698. The first-order chi connectivity index (χ1) is 15.1. The van der Waals surface area contributed by atoms with Crippen LogP contribution in [0, 0.1) is 0 Å². The minimum absolute atomic E-state index is 0.0529. The SMILES string of the molecule is COc1cc2c(cc1OC)C(c1ccccc1)N(C(=O)CNC(=O)c1cccs1)CC2. The number of carbonyl (C=O) groups is 2. The van der Waals surface area contributed by atoms with Gasteiger partial charge in [-0.25, -0.2) is 0 Å². The lowest BCUT2D eigenvalue weighted by Crippen LogP contribution is -2.45. The predicted molar refractivity (Wildman–Crippen MR) is 120 cm³/mol. The van der Waals surface area contributed by atoms with Gasteiger partial charge in [-0.15, -0.1) is 11.3 Å². The molecule has 31 heavy (non-hydrogen) atoms. The molecule has 0 spiro atoms. The average molecular weight is 437 g/mol. The van der Waals surface area contributed by atoms with Gasteiger partial charge in [0, 0.05) is 6.54 Å². The lowest BCUT2D eigenvalue weighted by Gasteiger charge is -2.38. The summed E-state index contributed by atoms with van der Waals surface area (Å²) in [5, 5.41) is 4.59. The number of carbonyl (C=O) groups excluding carboxylic acids is 2. The number of rotatable bonds is 6. The molecule has 160 valence electrons. The molecule has 0 fully saturated rings. The second kappa shape index (κ2) is 9.22. The van der Waals surface area contributed by atoms with Gasteiger partial charge in [-0.1, -0.05) is 36.4 Å². The van der Waals surface area contributed by atoms with E-state index in [9.17, 15) is 9.59 Å². The molecule has 0 aliphatic carbocycles. The van der Waals surface area contributed by atoms with Gasteiger partial charge in [0.1, 0.15) is 0 Å². The molecule has 3 aromatic rings. The van der Waals surface area contributed by atoms with E-state index in [2.05, 4.69) is 5.32 Å². The number of methoxy groups -OCH3 is 2.